The van der Waals surface area contributed by atoms with Gasteiger partial charge in [-0.25, -0.2) is 4.79 Å². The van der Waals surface area contributed by atoms with Crippen molar-refractivity contribution in [1.29, 1.82) is 0 Å². The predicted molar refractivity (Wildman–Crippen MR) is 59.6 cm³/mol. The van der Waals surface area contributed by atoms with Crippen molar-refractivity contribution in [2.45, 2.75) is 25.6 Å². The second kappa shape index (κ2) is 4.19. The van der Waals surface area contributed by atoms with E-state index in [2.05, 4.69) is 0 Å². The molecule has 1 aromatic rings. The molecule has 3 nitrogen and oxygen atoms in total. The maximum atomic E-state index is 12.8. The molecule has 1 aliphatic heterocycles. The van der Waals surface area contributed by atoms with Gasteiger partial charge >= 0.3 is 12.1 Å². The Morgan fingerprint density at radius 3 is 2.67 bits per heavy atom. The molecule has 0 bridgehead atoms. The number of carboxylic acid groups (broad SMARTS) is 1. The lowest BCUT2D eigenvalue weighted by Gasteiger charge is -2.22. The third-order valence-electron chi connectivity index (χ3n) is 3.17. The van der Waals surface area contributed by atoms with Crippen LogP contribution in [0.4, 0.5) is 18.9 Å². The lowest BCUT2D eigenvalue weighted by molar-refractivity contribution is -0.140. The monoisotopic (exact) mass is 259 g/mol. The van der Waals surface area contributed by atoms with Gasteiger partial charge in [-0.05, 0) is 24.6 Å². The maximum absolute atomic E-state index is 12.8. The van der Waals surface area contributed by atoms with E-state index in [1.54, 1.807) is 6.92 Å². The zero-order chi connectivity index (χ0) is 13.5. The largest absolute Gasteiger partial charge is 0.480 e. The molecular weight excluding hydrogens is 247 g/mol. The number of carbonyl (C=O) groups is 1. The average molecular weight is 259 g/mol. The number of rotatable bonds is 2. The summed E-state index contributed by atoms with van der Waals surface area (Å²) in [6, 6.07) is 2.94. The van der Waals surface area contributed by atoms with Crippen molar-refractivity contribution >= 4 is 11.7 Å². The number of alkyl halides is 3. The smallest absolute Gasteiger partial charge is 0.416 e. The van der Waals surface area contributed by atoms with Gasteiger partial charge in [0.05, 0.1) is 5.56 Å². The summed E-state index contributed by atoms with van der Waals surface area (Å²) >= 11 is 0. The van der Waals surface area contributed by atoms with Gasteiger partial charge in [-0.2, -0.15) is 13.2 Å². The van der Waals surface area contributed by atoms with Gasteiger partial charge in [-0.15, -0.1) is 0 Å². The summed E-state index contributed by atoms with van der Waals surface area (Å²) in [4.78, 5) is 12.6. The van der Waals surface area contributed by atoms with E-state index in [-0.39, 0.29) is 12.0 Å². The number of nitrogens with zero attached hydrogens (tertiary/aromatic N) is 1. The maximum Gasteiger partial charge on any atom is 0.416 e. The molecule has 0 saturated carbocycles. The van der Waals surface area contributed by atoms with E-state index in [0.29, 0.717) is 12.2 Å². The first-order valence-corrected chi connectivity index (χ1v) is 5.54. The number of halogens is 3. The Morgan fingerprint density at radius 1 is 1.50 bits per heavy atom. The fourth-order valence-electron chi connectivity index (χ4n) is 2.41. The Balaban J connectivity index is 2.53. The molecule has 1 atom stereocenters. The van der Waals surface area contributed by atoms with Crippen LogP contribution in [0.1, 0.15) is 18.1 Å². The van der Waals surface area contributed by atoms with Crippen molar-refractivity contribution in [2.75, 3.05) is 11.4 Å². The molecule has 1 N–H and O–H groups in total. The number of anilines is 1. The first-order valence-electron chi connectivity index (χ1n) is 5.54. The first kappa shape index (κ1) is 12.7. The van der Waals surface area contributed by atoms with Gasteiger partial charge in [0.15, 0.2) is 0 Å². The molecule has 0 spiro atoms. The highest BCUT2D eigenvalue weighted by Gasteiger charge is 2.41. The van der Waals surface area contributed by atoms with Crippen LogP contribution in [0.15, 0.2) is 18.2 Å². The SMILES string of the molecule is CCN1c2cccc(C(F)(F)F)c2CC1C(=O)O. The lowest BCUT2D eigenvalue weighted by atomic mass is 10.0. The number of hydrogen-bond donors (Lipinski definition) is 1. The topological polar surface area (TPSA) is 40.5 Å². The second-order valence-electron chi connectivity index (χ2n) is 4.15. The van der Waals surface area contributed by atoms with Crippen LogP contribution in [-0.4, -0.2) is 23.7 Å². The molecule has 98 valence electrons. The van der Waals surface area contributed by atoms with Crippen molar-refractivity contribution in [3.8, 4) is 0 Å². The van der Waals surface area contributed by atoms with Crippen LogP contribution in [0, 0.1) is 0 Å². The van der Waals surface area contributed by atoms with E-state index in [0.717, 1.165) is 6.07 Å². The standard InChI is InChI=1S/C12H12F3NO2/c1-2-16-9-5-3-4-8(12(13,14)15)7(9)6-10(16)11(17)18/h3-5,10H,2,6H2,1H3,(H,17,18). The van der Waals surface area contributed by atoms with Crippen LogP contribution in [0.5, 0.6) is 0 Å². The minimum atomic E-state index is -4.45. The average Bonchev–Trinajstić information content (AvgIpc) is 2.65. The van der Waals surface area contributed by atoms with E-state index < -0.39 is 23.8 Å². The Kier molecular flexibility index (Phi) is 2.96. The first-order chi connectivity index (χ1) is 8.36. The third kappa shape index (κ3) is 1.91. The molecule has 0 radical (unpaired) electrons. The summed E-state index contributed by atoms with van der Waals surface area (Å²) in [6.07, 6.45) is -4.55. The van der Waals surface area contributed by atoms with Crippen LogP contribution in [-0.2, 0) is 17.4 Å². The van der Waals surface area contributed by atoms with Gasteiger partial charge in [0, 0.05) is 18.7 Å². The van der Waals surface area contributed by atoms with E-state index in [1.807, 2.05) is 0 Å². The number of carboxylic acids is 1. The summed E-state index contributed by atoms with van der Waals surface area (Å²) in [5, 5.41) is 9.06. The van der Waals surface area contributed by atoms with Crippen LogP contribution in [0.25, 0.3) is 0 Å². The third-order valence-corrected chi connectivity index (χ3v) is 3.17. The summed E-state index contributed by atoms with van der Waals surface area (Å²) in [5.41, 5.74) is -0.277. The van der Waals surface area contributed by atoms with Gasteiger partial charge in [0.25, 0.3) is 0 Å². The number of fused-ring (bicyclic) bond motifs is 1. The highest BCUT2D eigenvalue weighted by molar-refractivity contribution is 5.83. The second-order valence-corrected chi connectivity index (χ2v) is 4.15. The fraction of sp³-hybridized carbons (Fsp3) is 0.417. The molecule has 2 rings (SSSR count). The summed E-state index contributed by atoms with van der Waals surface area (Å²) in [7, 11) is 0. The molecular formula is C12H12F3NO2. The Hall–Kier alpha value is -1.72. The normalized spacial score (nSPS) is 18.9. The van der Waals surface area contributed by atoms with Gasteiger partial charge < -0.3 is 10.0 Å². The van der Waals surface area contributed by atoms with E-state index in [4.69, 9.17) is 5.11 Å². The Labute approximate surface area is 102 Å². The molecule has 0 saturated heterocycles. The Bertz CT molecular complexity index is 485. The van der Waals surface area contributed by atoms with Crippen LogP contribution in [0.3, 0.4) is 0 Å². The zero-order valence-corrected chi connectivity index (χ0v) is 9.66. The van der Waals surface area contributed by atoms with Gasteiger partial charge in [-0.3, -0.25) is 0 Å². The fourth-order valence-corrected chi connectivity index (χ4v) is 2.41. The van der Waals surface area contributed by atoms with E-state index >= 15 is 0 Å². The molecule has 1 aliphatic rings. The molecule has 0 fully saturated rings. The number of benzene rings is 1. The van der Waals surface area contributed by atoms with Crippen molar-refractivity contribution < 1.29 is 23.1 Å². The quantitative estimate of drug-likeness (QED) is 0.887. The van der Waals surface area contributed by atoms with E-state index in [1.165, 1.54) is 17.0 Å². The van der Waals surface area contributed by atoms with Crippen molar-refractivity contribution in [1.82, 2.24) is 0 Å². The highest BCUT2D eigenvalue weighted by Crippen LogP contribution is 2.41. The van der Waals surface area contributed by atoms with Gasteiger partial charge in [0.2, 0.25) is 0 Å². The summed E-state index contributed by atoms with van der Waals surface area (Å²) < 4.78 is 38.5. The molecule has 1 aromatic carbocycles. The van der Waals surface area contributed by atoms with Gasteiger partial charge in [0.1, 0.15) is 6.04 Å². The zero-order valence-electron chi connectivity index (χ0n) is 9.66. The summed E-state index contributed by atoms with van der Waals surface area (Å²) in [6.45, 7) is 2.09. The van der Waals surface area contributed by atoms with Crippen LogP contribution >= 0.6 is 0 Å². The van der Waals surface area contributed by atoms with Crippen LogP contribution in [0.2, 0.25) is 0 Å². The van der Waals surface area contributed by atoms with E-state index in [9.17, 15) is 18.0 Å². The molecule has 1 unspecified atom stereocenters. The molecule has 0 amide bonds. The van der Waals surface area contributed by atoms with Crippen molar-refractivity contribution in [2.24, 2.45) is 0 Å². The lowest BCUT2D eigenvalue weighted by Crippen LogP contribution is -2.38. The summed E-state index contributed by atoms with van der Waals surface area (Å²) in [5.74, 6) is -1.10. The highest BCUT2D eigenvalue weighted by atomic mass is 19.4. The minimum Gasteiger partial charge on any atom is -0.480 e. The van der Waals surface area contributed by atoms with Crippen molar-refractivity contribution in [3.63, 3.8) is 0 Å². The molecule has 1 heterocycles. The molecule has 0 aliphatic carbocycles. The number of hydrogen-bond acceptors (Lipinski definition) is 2. The Morgan fingerprint density at radius 2 is 2.17 bits per heavy atom. The van der Waals surface area contributed by atoms with Crippen molar-refractivity contribution in [3.05, 3.63) is 29.3 Å². The van der Waals surface area contributed by atoms with Gasteiger partial charge in [-0.1, -0.05) is 6.07 Å². The predicted octanol–water partition coefficient (Wildman–Crippen LogP) is 2.54. The van der Waals surface area contributed by atoms with Crippen LogP contribution < -0.4 is 4.90 Å². The number of likely N-dealkylation sites (N-methyl/N-ethyl adjacent to an activating group) is 1. The molecule has 0 aromatic heterocycles. The molecule has 6 heteroatoms. The number of aliphatic carboxylic acids is 1. The molecule has 18 heavy (non-hydrogen) atoms. The minimum absolute atomic E-state index is 0.0826.